The van der Waals surface area contributed by atoms with Gasteiger partial charge in [-0.2, -0.15) is 0 Å². The number of hydrogen-bond acceptors (Lipinski definition) is 6. The van der Waals surface area contributed by atoms with Gasteiger partial charge in [0.1, 0.15) is 0 Å². The van der Waals surface area contributed by atoms with Crippen molar-refractivity contribution >= 4 is 17.9 Å². The standard InChI is InChI=1S/C22H33N3O5/c1-4-30-19-8-6-18(16-20(19)29-3)7-9-22(27)25-13-11-24(12-14-25)17-21(26)23-10-5-15-28-2/h6-9,16H,4-5,10-15,17H2,1-3H3,(H,23,26)/b9-7+. The highest BCUT2D eigenvalue weighted by atomic mass is 16.5. The van der Waals surface area contributed by atoms with Crippen LogP contribution in [-0.4, -0.2) is 88.3 Å². The van der Waals surface area contributed by atoms with Gasteiger partial charge in [0.05, 0.1) is 20.3 Å². The summed E-state index contributed by atoms with van der Waals surface area (Å²) in [4.78, 5) is 28.3. The van der Waals surface area contributed by atoms with Gasteiger partial charge in [0.15, 0.2) is 11.5 Å². The summed E-state index contributed by atoms with van der Waals surface area (Å²) >= 11 is 0. The highest BCUT2D eigenvalue weighted by molar-refractivity contribution is 5.92. The molecule has 0 spiro atoms. The molecule has 1 heterocycles. The van der Waals surface area contributed by atoms with Gasteiger partial charge in [0.2, 0.25) is 11.8 Å². The van der Waals surface area contributed by atoms with E-state index in [0.717, 1.165) is 12.0 Å². The molecular weight excluding hydrogens is 386 g/mol. The lowest BCUT2D eigenvalue weighted by molar-refractivity contribution is -0.128. The van der Waals surface area contributed by atoms with Crippen LogP contribution in [0.2, 0.25) is 0 Å². The zero-order valence-electron chi connectivity index (χ0n) is 18.2. The number of carbonyl (C=O) groups excluding carboxylic acids is 2. The minimum atomic E-state index is -0.0356. The van der Waals surface area contributed by atoms with E-state index in [1.807, 2.05) is 25.1 Å². The zero-order chi connectivity index (χ0) is 21.8. The SMILES string of the molecule is CCOc1ccc(/C=C/C(=O)N2CCN(CC(=O)NCCCOC)CC2)cc1OC. The first kappa shape index (κ1) is 23.7. The third-order valence-corrected chi connectivity index (χ3v) is 4.80. The van der Waals surface area contributed by atoms with Gasteiger partial charge in [-0.25, -0.2) is 0 Å². The predicted octanol–water partition coefficient (Wildman–Crippen LogP) is 1.40. The molecule has 1 aliphatic rings. The molecule has 1 aromatic rings. The van der Waals surface area contributed by atoms with Crippen LogP contribution in [0.15, 0.2) is 24.3 Å². The molecule has 1 saturated heterocycles. The second-order valence-electron chi connectivity index (χ2n) is 6.97. The first-order valence-corrected chi connectivity index (χ1v) is 10.3. The maximum Gasteiger partial charge on any atom is 0.246 e. The molecule has 0 atom stereocenters. The quantitative estimate of drug-likeness (QED) is 0.432. The number of ether oxygens (including phenoxy) is 3. The molecule has 0 radical (unpaired) electrons. The van der Waals surface area contributed by atoms with Gasteiger partial charge in [0.25, 0.3) is 0 Å². The van der Waals surface area contributed by atoms with Crippen molar-refractivity contribution in [3.05, 3.63) is 29.8 Å². The van der Waals surface area contributed by atoms with E-state index in [-0.39, 0.29) is 11.8 Å². The molecular formula is C22H33N3O5. The Kier molecular flexibility index (Phi) is 10.2. The predicted molar refractivity (Wildman–Crippen MR) is 116 cm³/mol. The summed E-state index contributed by atoms with van der Waals surface area (Å²) in [5.74, 6) is 1.30. The minimum absolute atomic E-state index is 0.00947. The van der Waals surface area contributed by atoms with Gasteiger partial charge in [-0.15, -0.1) is 0 Å². The van der Waals surface area contributed by atoms with Gasteiger partial charge >= 0.3 is 0 Å². The Morgan fingerprint density at radius 2 is 1.90 bits per heavy atom. The number of nitrogens with zero attached hydrogens (tertiary/aromatic N) is 2. The van der Waals surface area contributed by atoms with Gasteiger partial charge in [-0.3, -0.25) is 14.5 Å². The van der Waals surface area contributed by atoms with Gasteiger partial charge in [-0.1, -0.05) is 6.07 Å². The van der Waals surface area contributed by atoms with Crippen LogP contribution in [-0.2, 0) is 14.3 Å². The molecule has 0 unspecified atom stereocenters. The van der Waals surface area contributed by atoms with Gasteiger partial charge in [0, 0.05) is 52.5 Å². The second-order valence-corrected chi connectivity index (χ2v) is 6.97. The summed E-state index contributed by atoms with van der Waals surface area (Å²) in [6.45, 7) is 6.66. The van der Waals surface area contributed by atoms with Crippen molar-refractivity contribution < 1.29 is 23.8 Å². The molecule has 2 rings (SSSR count). The maximum absolute atomic E-state index is 12.5. The number of carbonyl (C=O) groups is 2. The number of rotatable bonds is 11. The topological polar surface area (TPSA) is 80.3 Å². The summed E-state index contributed by atoms with van der Waals surface area (Å²) in [6, 6.07) is 5.57. The first-order valence-electron chi connectivity index (χ1n) is 10.3. The van der Waals surface area contributed by atoms with Crippen LogP contribution < -0.4 is 14.8 Å². The summed E-state index contributed by atoms with van der Waals surface area (Å²) < 4.78 is 15.8. The van der Waals surface area contributed by atoms with Crippen molar-refractivity contribution in [2.24, 2.45) is 0 Å². The summed E-state index contributed by atoms with van der Waals surface area (Å²) in [7, 11) is 3.24. The molecule has 0 saturated carbocycles. The van der Waals surface area contributed by atoms with Crippen LogP contribution in [0.5, 0.6) is 11.5 Å². The third kappa shape index (κ3) is 7.68. The lowest BCUT2D eigenvalue weighted by atomic mass is 10.2. The van der Waals surface area contributed by atoms with Crippen LogP contribution >= 0.6 is 0 Å². The fourth-order valence-corrected chi connectivity index (χ4v) is 3.17. The Balaban J connectivity index is 1.78. The smallest absolute Gasteiger partial charge is 0.246 e. The number of hydrogen-bond donors (Lipinski definition) is 1. The molecule has 166 valence electrons. The van der Waals surface area contributed by atoms with E-state index < -0.39 is 0 Å². The van der Waals surface area contributed by atoms with E-state index >= 15 is 0 Å². The van der Waals surface area contributed by atoms with E-state index in [1.54, 1.807) is 31.3 Å². The molecule has 1 aromatic carbocycles. The van der Waals surface area contributed by atoms with E-state index in [9.17, 15) is 9.59 Å². The lowest BCUT2D eigenvalue weighted by Gasteiger charge is -2.33. The molecule has 8 nitrogen and oxygen atoms in total. The Hall–Kier alpha value is -2.58. The van der Waals surface area contributed by atoms with Crippen LogP contribution in [0, 0.1) is 0 Å². The maximum atomic E-state index is 12.5. The van der Waals surface area contributed by atoms with Crippen molar-refractivity contribution in [2.45, 2.75) is 13.3 Å². The van der Waals surface area contributed by atoms with Crippen molar-refractivity contribution in [1.29, 1.82) is 0 Å². The average molecular weight is 420 g/mol. The monoisotopic (exact) mass is 419 g/mol. The van der Waals surface area contributed by atoms with Gasteiger partial charge in [-0.05, 0) is 37.1 Å². The van der Waals surface area contributed by atoms with E-state index in [2.05, 4.69) is 10.2 Å². The number of amides is 2. The van der Waals surface area contributed by atoms with Crippen LogP contribution in [0.1, 0.15) is 18.9 Å². The Morgan fingerprint density at radius 3 is 2.57 bits per heavy atom. The summed E-state index contributed by atoms with van der Waals surface area (Å²) in [5, 5.41) is 2.89. The molecule has 0 aliphatic carbocycles. The summed E-state index contributed by atoms with van der Waals surface area (Å²) in [5.41, 5.74) is 0.868. The number of benzene rings is 1. The molecule has 2 amide bonds. The third-order valence-electron chi connectivity index (χ3n) is 4.80. The molecule has 1 aliphatic heterocycles. The Morgan fingerprint density at radius 1 is 1.13 bits per heavy atom. The summed E-state index contributed by atoms with van der Waals surface area (Å²) in [6.07, 6.45) is 4.16. The molecule has 8 heteroatoms. The second kappa shape index (κ2) is 12.9. The molecule has 30 heavy (non-hydrogen) atoms. The Bertz CT molecular complexity index is 715. The highest BCUT2D eigenvalue weighted by Crippen LogP contribution is 2.28. The van der Waals surface area contributed by atoms with E-state index in [1.165, 1.54) is 0 Å². The fraction of sp³-hybridized carbons (Fsp3) is 0.545. The lowest BCUT2D eigenvalue weighted by Crippen LogP contribution is -2.50. The van der Waals surface area contributed by atoms with Crippen molar-refractivity contribution in [1.82, 2.24) is 15.1 Å². The Labute approximate surface area is 178 Å². The fourth-order valence-electron chi connectivity index (χ4n) is 3.17. The number of nitrogens with one attached hydrogen (secondary N) is 1. The largest absolute Gasteiger partial charge is 0.493 e. The van der Waals surface area contributed by atoms with E-state index in [4.69, 9.17) is 14.2 Å². The normalized spacial score (nSPS) is 14.7. The van der Waals surface area contributed by atoms with Gasteiger partial charge < -0.3 is 24.4 Å². The number of piperazine rings is 1. The first-order chi connectivity index (χ1) is 14.6. The minimum Gasteiger partial charge on any atom is -0.493 e. The van der Waals surface area contributed by atoms with Crippen LogP contribution in [0.3, 0.4) is 0 Å². The van der Waals surface area contributed by atoms with Crippen molar-refractivity contribution in [2.75, 3.05) is 66.7 Å². The van der Waals surface area contributed by atoms with Crippen molar-refractivity contribution in [3.63, 3.8) is 0 Å². The van der Waals surface area contributed by atoms with Crippen LogP contribution in [0.25, 0.3) is 6.08 Å². The molecule has 0 bridgehead atoms. The van der Waals surface area contributed by atoms with Crippen LogP contribution in [0.4, 0.5) is 0 Å². The zero-order valence-corrected chi connectivity index (χ0v) is 18.2. The molecule has 0 aromatic heterocycles. The average Bonchev–Trinajstić information content (AvgIpc) is 2.76. The van der Waals surface area contributed by atoms with Crippen molar-refractivity contribution in [3.8, 4) is 11.5 Å². The molecule has 1 N–H and O–H groups in total. The molecule has 1 fully saturated rings. The van der Waals surface area contributed by atoms with E-state index in [0.29, 0.717) is 64.0 Å². The highest BCUT2D eigenvalue weighted by Gasteiger charge is 2.21. The number of methoxy groups -OCH3 is 2.